The third kappa shape index (κ3) is 1.32. The van der Waals surface area contributed by atoms with Gasteiger partial charge in [-0.2, -0.15) is 0 Å². The fraction of sp³-hybridized carbons (Fsp3) is 0.200. The Morgan fingerprint density at radius 2 is 2.06 bits per heavy atom. The third-order valence-corrected chi connectivity index (χ3v) is 2.51. The number of aromatic nitrogens is 1. The summed E-state index contributed by atoms with van der Waals surface area (Å²) < 4.78 is 0. The van der Waals surface area contributed by atoms with Gasteiger partial charge in [0.15, 0.2) is 5.82 Å². The molecule has 0 bridgehead atoms. The molecule has 0 aromatic carbocycles. The Labute approximate surface area is 96.0 Å². The highest BCUT2D eigenvalue weighted by atomic mass is 35.5. The number of halogens is 1. The molecule has 16 heavy (non-hydrogen) atoms. The van der Waals surface area contributed by atoms with E-state index in [1.54, 1.807) is 6.92 Å². The molecule has 0 unspecified atom stereocenters. The number of carbonyl (C=O) groups is 3. The molecule has 2 amide bonds. The number of anilines is 1. The van der Waals surface area contributed by atoms with E-state index in [1.807, 2.05) is 0 Å². The van der Waals surface area contributed by atoms with Crippen molar-refractivity contribution in [3.05, 3.63) is 22.3 Å². The van der Waals surface area contributed by atoms with Crippen LogP contribution in [0.3, 0.4) is 0 Å². The van der Waals surface area contributed by atoms with Crippen molar-refractivity contribution in [2.24, 2.45) is 0 Å². The number of rotatable bonds is 0. The second kappa shape index (κ2) is 3.38. The van der Waals surface area contributed by atoms with Gasteiger partial charge in [-0.25, -0.2) is 9.88 Å². The number of hydrogen-bond donors (Lipinski definition) is 0. The van der Waals surface area contributed by atoms with Gasteiger partial charge in [0.1, 0.15) is 5.15 Å². The SMILES string of the molecule is CC(=O)N1C(=O)C(=O)c2c(C)cc(Cl)nc21. The number of pyridine rings is 1. The number of aryl methyl sites for hydroxylation is 1. The normalized spacial score (nSPS) is 14.3. The summed E-state index contributed by atoms with van der Waals surface area (Å²) in [6.07, 6.45) is 0. The molecule has 1 aliphatic rings. The lowest BCUT2D eigenvalue weighted by Crippen LogP contribution is -2.34. The molecule has 6 heteroatoms. The molecule has 0 aliphatic carbocycles. The van der Waals surface area contributed by atoms with Crippen LogP contribution in [0.4, 0.5) is 5.82 Å². The summed E-state index contributed by atoms with van der Waals surface area (Å²) in [5, 5.41) is 0.144. The molecular weight excluding hydrogens is 232 g/mol. The van der Waals surface area contributed by atoms with Crippen LogP contribution in [-0.4, -0.2) is 22.6 Å². The standard InChI is InChI=1S/C10H7ClN2O3/c1-4-3-6(11)12-9-7(4)8(15)10(16)13(9)5(2)14/h3H,1-2H3. The summed E-state index contributed by atoms with van der Waals surface area (Å²) in [7, 11) is 0. The molecule has 5 nitrogen and oxygen atoms in total. The first-order valence-electron chi connectivity index (χ1n) is 4.50. The molecule has 1 aromatic heterocycles. The Morgan fingerprint density at radius 1 is 1.44 bits per heavy atom. The van der Waals surface area contributed by atoms with Crippen molar-refractivity contribution in [1.29, 1.82) is 0 Å². The van der Waals surface area contributed by atoms with E-state index in [4.69, 9.17) is 11.6 Å². The van der Waals surface area contributed by atoms with Crippen molar-refractivity contribution in [3.8, 4) is 0 Å². The van der Waals surface area contributed by atoms with Gasteiger partial charge in [0.2, 0.25) is 5.91 Å². The predicted molar refractivity (Wildman–Crippen MR) is 56.5 cm³/mol. The summed E-state index contributed by atoms with van der Waals surface area (Å²) in [6.45, 7) is 2.83. The van der Waals surface area contributed by atoms with E-state index in [9.17, 15) is 14.4 Å². The minimum atomic E-state index is -0.875. The van der Waals surface area contributed by atoms with Gasteiger partial charge in [0, 0.05) is 6.92 Å². The van der Waals surface area contributed by atoms with Gasteiger partial charge in [0.25, 0.3) is 5.78 Å². The van der Waals surface area contributed by atoms with Crippen LogP contribution in [0.1, 0.15) is 22.8 Å². The summed E-state index contributed by atoms with van der Waals surface area (Å²) >= 11 is 5.72. The summed E-state index contributed by atoms with van der Waals surface area (Å²) in [5.41, 5.74) is 0.696. The molecule has 1 aliphatic heterocycles. The van der Waals surface area contributed by atoms with Crippen molar-refractivity contribution in [2.75, 3.05) is 4.90 Å². The lowest BCUT2D eigenvalue weighted by molar-refractivity contribution is -0.122. The zero-order chi connectivity index (χ0) is 12.0. The van der Waals surface area contributed by atoms with E-state index in [-0.39, 0.29) is 16.5 Å². The smallest absolute Gasteiger partial charge is 0.283 e. The number of carbonyl (C=O) groups excluding carboxylic acids is 3. The molecular formula is C10H7ClN2O3. The maximum atomic E-state index is 11.6. The Bertz CT molecular complexity index is 539. The highest BCUT2D eigenvalue weighted by Crippen LogP contribution is 2.31. The van der Waals surface area contributed by atoms with E-state index in [0.717, 1.165) is 4.90 Å². The van der Waals surface area contributed by atoms with E-state index in [2.05, 4.69) is 4.98 Å². The van der Waals surface area contributed by atoms with Crippen molar-refractivity contribution in [1.82, 2.24) is 4.98 Å². The van der Waals surface area contributed by atoms with Gasteiger partial charge >= 0.3 is 5.91 Å². The second-order valence-corrected chi connectivity index (χ2v) is 3.84. The zero-order valence-electron chi connectivity index (χ0n) is 8.57. The zero-order valence-corrected chi connectivity index (χ0v) is 9.33. The highest BCUT2D eigenvalue weighted by molar-refractivity contribution is 6.56. The monoisotopic (exact) mass is 238 g/mol. The minimum absolute atomic E-state index is 0.0347. The lowest BCUT2D eigenvalue weighted by Gasteiger charge is -2.10. The second-order valence-electron chi connectivity index (χ2n) is 3.45. The number of fused-ring (bicyclic) bond motifs is 1. The van der Waals surface area contributed by atoms with Gasteiger partial charge in [-0.05, 0) is 18.6 Å². The molecule has 2 rings (SSSR count). The molecule has 0 N–H and O–H groups in total. The molecule has 0 saturated heterocycles. The van der Waals surface area contributed by atoms with Crippen LogP contribution >= 0.6 is 11.6 Å². The molecule has 0 fully saturated rings. The van der Waals surface area contributed by atoms with Gasteiger partial charge < -0.3 is 0 Å². The van der Waals surface area contributed by atoms with Crippen molar-refractivity contribution < 1.29 is 14.4 Å². The van der Waals surface area contributed by atoms with Crippen LogP contribution in [0.2, 0.25) is 5.15 Å². The average Bonchev–Trinajstić information content (AvgIpc) is 2.38. The Balaban J connectivity index is 2.75. The number of imide groups is 1. The van der Waals surface area contributed by atoms with Gasteiger partial charge in [-0.1, -0.05) is 11.6 Å². The van der Waals surface area contributed by atoms with Gasteiger partial charge in [-0.3, -0.25) is 14.4 Å². The first kappa shape index (κ1) is 10.8. The molecule has 0 saturated carbocycles. The molecule has 0 atom stereocenters. The van der Waals surface area contributed by atoms with Gasteiger partial charge in [-0.15, -0.1) is 0 Å². The fourth-order valence-electron chi connectivity index (χ4n) is 1.66. The highest BCUT2D eigenvalue weighted by Gasteiger charge is 2.41. The van der Waals surface area contributed by atoms with Crippen molar-refractivity contribution >= 4 is 35.0 Å². The van der Waals surface area contributed by atoms with Crippen LogP contribution in [0, 0.1) is 6.92 Å². The Morgan fingerprint density at radius 3 is 2.62 bits per heavy atom. The van der Waals surface area contributed by atoms with E-state index < -0.39 is 17.6 Å². The molecule has 1 aromatic rings. The van der Waals surface area contributed by atoms with Gasteiger partial charge in [0.05, 0.1) is 5.56 Å². The third-order valence-electron chi connectivity index (χ3n) is 2.32. The number of ketones is 1. The Hall–Kier alpha value is -1.75. The van der Waals surface area contributed by atoms with Crippen LogP contribution in [-0.2, 0) is 9.59 Å². The van der Waals surface area contributed by atoms with Crippen LogP contribution in [0.15, 0.2) is 6.07 Å². The molecule has 82 valence electrons. The van der Waals surface area contributed by atoms with Crippen LogP contribution in [0.5, 0.6) is 0 Å². The quantitative estimate of drug-likeness (QED) is 0.502. The first-order chi connectivity index (χ1) is 7.43. The largest absolute Gasteiger partial charge is 0.307 e. The fourth-order valence-corrected chi connectivity index (χ4v) is 1.90. The van der Waals surface area contributed by atoms with E-state index in [0.29, 0.717) is 5.56 Å². The average molecular weight is 239 g/mol. The minimum Gasteiger partial charge on any atom is -0.283 e. The predicted octanol–water partition coefficient (Wildman–Crippen LogP) is 1.12. The number of Topliss-reactive ketones (excluding diaryl/α,β-unsaturated/α-hetero) is 1. The van der Waals surface area contributed by atoms with Crippen LogP contribution in [0.25, 0.3) is 0 Å². The van der Waals surface area contributed by atoms with E-state index in [1.165, 1.54) is 13.0 Å². The summed E-state index contributed by atoms with van der Waals surface area (Å²) in [5.74, 6) is -2.11. The molecule has 0 spiro atoms. The lowest BCUT2D eigenvalue weighted by atomic mass is 10.1. The number of amides is 2. The summed E-state index contributed by atoms with van der Waals surface area (Å²) in [4.78, 5) is 39.0. The van der Waals surface area contributed by atoms with E-state index >= 15 is 0 Å². The Kier molecular flexibility index (Phi) is 2.27. The number of nitrogens with zero attached hydrogens (tertiary/aromatic N) is 2. The number of hydrogen-bond acceptors (Lipinski definition) is 4. The van der Waals surface area contributed by atoms with Crippen molar-refractivity contribution in [3.63, 3.8) is 0 Å². The first-order valence-corrected chi connectivity index (χ1v) is 4.87. The maximum absolute atomic E-state index is 11.6. The topological polar surface area (TPSA) is 67.3 Å². The summed E-state index contributed by atoms with van der Waals surface area (Å²) in [6, 6.07) is 1.48. The molecule has 0 radical (unpaired) electrons. The van der Waals surface area contributed by atoms with Crippen molar-refractivity contribution in [2.45, 2.75) is 13.8 Å². The van der Waals surface area contributed by atoms with Crippen LogP contribution < -0.4 is 4.90 Å². The maximum Gasteiger partial charge on any atom is 0.307 e. The molecule has 2 heterocycles.